The molecule has 1 aromatic carbocycles. The molecule has 4 heterocycles. The number of halogens is 3. The third kappa shape index (κ3) is 4.77. The van der Waals surface area contributed by atoms with E-state index in [1.54, 1.807) is 12.4 Å². The van der Waals surface area contributed by atoms with E-state index in [-0.39, 0.29) is 27.9 Å². The molecule has 0 aliphatic rings. The Morgan fingerprint density at radius 2 is 1.81 bits per heavy atom. The number of hydrogen-bond donors (Lipinski definition) is 0. The molecule has 5 aromatic rings. The maximum atomic E-state index is 13.1. The molecule has 0 fully saturated rings. The number of nitrogens with zero attached hydrogens (tertiary/aromatic N) is 5. The van der Waals surface area contributed by atoms with Crippen molar-refractivity contribution in [3.05, 3.63) is 77.7 Å². The minimum Gasteiger partial charge on any atom is -0.483 e. The van der Waals surface area contributed by atoms with Crippen molar-refractivity contribution >= 4 is 26.3 Å². The number of alkyl halides is 3. The summed E-state index contributed by atoms with van der Waals surface area (Å²) >= 11 is 0. The van der Waals surface area contributed by atoms with Crippen molar-refractivity contribution in [3.63, 3.8) is 0 Å². The molecule has 0 aliphatic heterocycles. The summed E-state index contributed by atoms with van der Waals surface area (Å²) in [6, 6.07) is 11.3. The predicted molar refractivity (Wildman–Crippen MR) is 129 cm³/mol. The second-order valence-corrected chi connectivity index (χ2v) is 10.3. The summed E-state index contributed by atoms with van der Waals surface area (Å²) in [6.45, 7) is -0.0693. The maximum absolute atomic E-state index is 13.1. The van der Waals surface area contributed by atoms with Crippen LogP contribution in [0.25, 0.3) is 33.4 Å². The highest BCUT2D eigenvalue weighted by atomic mass is 32.2. The van der Waals surface area contributed by atoms with E-state index in [1.165, 1.54) is 31.3 Å². The molecule has 4 aromatic heterocycles. The molecule has 37 heavy (non-hydrogen) atoms. The Morgan fingerprint density at radius 3 is 2.57 bits per heavy atom. The van der Waals surface area contributed by atoms with Gasteiger partial charge in [0.2, 0.25) is 0 Å². The fraction of sp³-hybridized carbons (Fsp3) is 0.167. The molecule has 0 radical (unpaired) electrons. The van der Waals surface area contributed by atoms with Crippen LogP contribution in [0.15, 0.2) is 76.9 Å². The smallest absolute Gasteiger partial charge is 0.422 e. The number of pyridine rings is 3. The zero-order valence-corrected chi connectivity index (χ0v) is 20.0. The molecule has 9 nitrogen and oxygen atoms in total. The third-order valence-electron chi connectivity index (χ3n) is 5.61. The van der Waals surface area contributed by atoms with Crippen molar-refractivity contribution in [3.8, 4) is 22.7 Å². The molecule has 13 heteroatoms. The first-order valence-electron chi connectivity index (χ1n) is 10.9. The van der Waals surface area contributed by atoms with Crippen molar-refractivity contribution < 1.29 is 26.3 Å². The van der Waals surface area contributed by atoms with Gasteiger partial charge in [0.25, 0.3) is 0 Å². The second kappa shape index (κ2) is 9.00. The zero-order chi connectivity index (χ0) is 26.4. The highest BCUT2D eigenvalue weighted by molar-refractivity contribution is 7.91. The Morgan fingerprint density at radius 1 is 1.00 bits per heavy atom. The number of hydrogen-bond acceptors (Lipinski definition) is 7. The fourth-order valence-electron chi connectivity index (χ4n) is 3.75. The van der Waals surface area contributed by atoms with E-state index in [2.05, 4.69) is 15.1 Å². The van der Waals surface area contributed by atoms with Gasteiger partial charge in [0.1, 0.15) is 10.6 Å². The van der Waals surface area contributed by atoms with Gasteiger partial charge >= 0.3 is 11.9 Å². The van der Waals surface area contributed by atoms with Gasteiger partial charge in [0.05, 0.1) is 11.9 Å². The van der Waals surface area contributed by atoms with Gasteiger partial charge in [-0.15, -0.1) is 5.10 Å². The van der Waals surface area contributed by atoms with Crippen LogP contribution in [0.2, 0.25) is 0 Å². The van der Waals surface area contributed by atoms with Crippen LogP contribution in [0.4, 0.5) is 13.2 Å². The van der Waals surface area contributed by atoms with Crippen LogP contribution in [0.5, 0.6) is 5.75 Å². The monoisotopic (exact) mass is 529 g/mol. The van der Waals surface area contributed by atoms with E-state index >= 15 is 0 Å². The Labute approximate surface area is 207 Å². The lowest BCUT2D eigenvalue weighted by Gasteiger charge is -2.11. The molecule has 5 rings (SSSR count). The van der Waals surface area contributed by atoms with Gasteiger partial charge in [-0.1, -0.05) is 19.1 Å². The van der Waals surface area contributed by atoms with Crippen LogP contribution in [0.1, 0.15) is 6.92 Å². The standard InChI is InChI=1S/C24H18F3N5O4S/c1-2-37(34,35)20-10-18(15-3-4-17-11-28-8-7-16(17)9-15)12-29-22(20)32-23(33)31-13-19(5-6-21(31)30-32)36-14-24(25,26)27/h3-13H,2,14H2,1H3. The van der Waals surface area contributed by atoms with Gasteiger partial charge in [0.15, 0.2) is 27.9 Å². The van der Waals surface area contributed by atoms with Crippen LogP contribution < -0.4 is 10.4 Å². The van der Waals surface area contributed by atoms with Crippen molar-refractivity contribution in [1.29, 1.82) is 0 Å². The quantitative estimate of drug-likeness (QED) is 0.329. The Balaban J connectivity index is 1.63. The lowest BCUT2D eigenvalue weighted by Crippen LogP contribution is -2.23. The van der Waals surface area contributed by atoms with E-state index in [0.29, 0.717) is 11.1 Å². The van der Waals surface area contributed by atoms with E-state index in [9.17, 15) is 26.4 Å². The minimum absolute atomic E-state index is 0.0678. The number of rotatable bonds is 6. The third-order valence-corrected chi connectivity index (χ3v) is 7.35. The van der Waals surface area contributed by atoms with Crippen molar-refractivity contribution in [2.75, 3.05) is 12.4 Å². The number of fused-ring (bicyclic) bond motifs is 2. The van der Waals surface area contributed by atoms with Crippen LogP contribution in [0, 0.1) is 0 Å². The van der Waals surface area contributed by atoms with E-state index in [1.807, 2.05) is 24.3 Å². The zero-order valence-electron chi connectivity index (χ0n) is 19.2. The average Bonchev–Trinajstić information content (AvgIpc) is 3.22. The van der Waals surface area contributed by atoms with Gasteiger partial charge < -0.3 is 4.74 Å². The summed E-state index contributed by atoms with van der Waals surface area (Å²) in [5, 5.41) is 5.95. The number of aromatic nitrogens is 5. The molecule has 0 amide bonds. The molecule has 0 bridgehead atoms. The molecule has 0 N–H and O–H groups in total. The molecular weight excluding hydrogens is 511 g/mol. The first-order valence-corrected chi connectivity index (χ1v) is 12.6. The van der Waals surface area contributed by atoms with Gasteiger partial charge in [-0.3, -0.25) is 4.98 Å². The molecule has 0 saturated heterocycles. The number of ether oxygens (including phenoxy) is 1. The molecule has 0 unspecified atom stereocenters. The Bertz CT molecular complexity index is 1810. The minimum atomic E-state index is -4.55. The average molecular weight is 530 g/mol. The lowest BCUT2D eigenvalue weighted by molar-refractivity contribution is -0.153. The van der Waals surface area contributed by atoms with Crippen molar-refractivity contribution in [1.82, 2.24) is 24.1 Å². The molecule has 0 saturated carbocycles. The fourth-order valence-corrected chi connectivity index (χ4v) is 4.78. The van der Waals surface area contributed by atoms with Crippen LogP contribution in [-0.4, -0.2) is 51.1 Å². The SMILES string of the molecule is CCS(=O)(=O)c1cc(-c2ccc3cnccc3c2)cnc1-n1nc2ccc(OCC(F)(F)F)cn2c1=O. The summed E-state index contributed by atoms with van der Waals surface area (Å²) in [5.74, 6) is -0.684. The van der Waals surface area contributed by atoms with Gasteiger partial charge in [-0.05, 0) is 41.3 Å². The van der Waals surface area contributed by atoms with Crippen LogP contribution >= 0.6 is 0 Å². The lowest BCUT2D eigenvalue weighted by atomic mass is 10.0. The van der Waals surface area contributed by atoms with E-state index in [4.69, 9.17) is 4.74 Å². The summed E-state index contributed by atoms with van der Waals surface area (Å²) in [5.41, 5.74) is 0.463. The maximum Gasteiger partial charge on any atom is 0.422 e. The molecule has 0 spiro atoms. The molecule has 190 valence electrons. The summed E-state index contributed by atoms with van der Waals surface area (Å²) in [4.78, 5) is 21.3. The van der Waals surface area contributed by atoms with E-state index in [0.717, 1.165) is 26.1 Å². The normalized spacial score (nSPS) is 12.3. The number of benzene rings is 1. The van der Waals surface area contributed by atoms with Gasteiger partial charge in [0, 0.05) is 29.5 Å². The first kappa shape index (κ1) is 24.4. The topological polar surface area (TPSA) is 108 Å². The van der Waals surface area contributed by atoms with Crippen molar-refractivity contribution in [2.24, 2.45) is 0 Å². The largest absolute Gasteiger partial charge is 0.483 e. The summed E-state index contributed by atoms with van der Waals surface area (Å²) < 4.78 is 70.0. The summed E-state index contributed by atoms with van der Waals surface area (Å²) in [6.07, 6.45) is 1.29. The van der Waals surface area contributed by atoms with Crippen LogP contribution in [-0.2, 0) is 9.84 Å². The second-order valence-electron chi connectivity index (χ2n) is 8.08. The Kier molecular flexibility index (Phi) is 5.94. The highest BCUT2D eigenvalue weighted by Gasteiger charge is 2.29. The predicted octanol–water partition coefficient (Wildman–Crippen LogP) is 3.83. The summed E-state index contributed by atoms with van der Waals surface area (Å²) in [7, 11) is -3.87. The Hall–Kier alpha value is -4.26. The van der Waals surface area contributed by atoms with Crippen LogP contribution in [0.3, 0.4) is 0 Å². The number of sulfone groups is 1. The molecule has 0 aliphatic carbocycles. The van der Waals surface area contributed by atoms with E-state index < -0.39 is 28.3 Å². The molecule has 0 atom stereocenters. The molecular formula is C24H18F3N5O4S. The van der Waals surface area contributed by atoms with Crippen molar-refractivity contribution in [2.45, 2.75) is 18.0 Å². The first-order chi connectivity index (χ1) is 17.6. The van der Waals surface area contributed by atoms with Gasteiger partial charge in [-0.25, -0.2) is 22.6 Å². The highest BCUT2D eigenvalue weighted by Crippen LogP contribution is 2.28. The van der Waals surface area contributed by atoms with Gasteiger partial charge in [-0.2, -0.15) is 17.9 Å².